The third-order valence-corrected chi connectivity index (χ3v) is 16.1. The zero-order valence-corrected chi connectivity index (χ0v) is 40.7. The van der Waals surface area contributed by atoms with Crippen molar-refractivity contribution in [2.75, 3.05) is 0 Å². The molecule has 0 amide bonds. The number of fused-ring (bicyclic) bond motifs is 6. The Labute approximate surface area is 395 Å². The molecule has 9 aromatic rings. The molecular formula is C62H55BS2. The first-order chi connectivity index (χ1) is 31.1. The van der Waals surface area contributed by atoms with Crippen LogP contribution in [0.5, 0.6) is 0 Å². The van der Waals surface area contributed by atoms with Crippen molar-refractivity contribution in [2.24, 2.45) is 0 Å². The van der Waals surface area contributed by atoms with Gasteiger partial charge in [0, 0.05) is 19.6 Å². The smallest absolute Gasteiger partial charge is 0.0911 e. The second kappa shape index (κ2) is 15.4. The Hall–Kier alpha value is -5.74. The van der Waals surface area contributed by atoms with Crippen LogP contribution in [0.3, 0.4) is 0 Å². The van der Waals surface area contributed by atoms with Crippen LogP contribution >= 0.6 is 23.5 Å². The van der Waals surface area contributed by atoms with Crippen LogP contribution in [0.4, 0.5) is 0 Å². The Bertz CT molecular complexity index is 3270. The SMILES string of the molecule is CC(C)(C)c1cc(-c2cc(-c3cc4c5c(c3)Sc3ccc(C(C)(C)C)cc3B5c3ccccc3S4)cc(-c3c4ccccc4c(-c4ccccc4)c4ccccc34)c2)cc(C(C)(C)C)c1. The summed E-state index contributed by atoms with van der Waals surface area (Å²) >= 11 is 3.90. The Balaban J connectivity index is 1.19. The standard InChI is InChI=1S/C62H55BS2/c1-60(2,3)44-27-28-54-52(37-44)63-51-25-17-18-26-53(51)64-55-34-42(35-56(65-54)59(55)63)40-29-39(41-32-45(61(4,5)6)36-46(33-41)62(7,8)9)30-43(31-40)58-49-23-15-13-21-47(49)57(38-19-11-10-12-20-38)48-22-14-16-24-50(48)58/h10-37H,1-9H3. The van der Waals surface area contributed by atoms with Crippen molar-refractivity contribution in [3.8, 4) is 44.5 Å². The average molecular weight is 875 g/mol. The molecule has 0 saturated heterocycles. The molecule has 3 heteroatoms. The van der Waals surface area contributed by atoms with Gasteiger partial charge < -0.3 is 0 Å². The number of hydrogen-bond acceptors (Lipinski definition) is 2. The monoisotopic (exact) mass is 874 g/mol. The summed E-state index contributed by atoms with van der Waals surface area (Å²) in [5, 5.41) is 5.08. The van der Waals surface area contributed by atoms with Crippen LogP contribution in [0.1, 0.15) is 79.0 Å². The molecule has 0 fully saturated rings. The molecule has 0 N–H and O–H groups in total. The van der Waals surface area contributed by atoms with E-state index in [4.69, 9.17) is 0 Å². The minimum absolute atomic E-state index is 0.0114. The lowest BCUT2D eigenvalue weighted by molar-refractivity contribution is 0.569. The summed E-state index contributed by atoms with van der Waals surface area (Å²) in [7, 11) is 0. The summed E-state index contributed by atoms with van der Waals surface area (Å²) in [5.74, 6) is 0. The fraction of sp³-hybridized carbons (Fsp3) is 0.194. The van der Waals surface area contributed by atoms with Gasteiger partial charge >= 0.3 is 0 Å². The lowest BCUT2D eigenvalue weighted by atomic mass is 9.36. The maximum atomic E-state index is 2.51. The maximum Gasteiger partial charge on any atom is 0.247 e. The molecule has 0 saturated carbocycles. The summed E-state index contributed by atoms with van der Waals surface area (Å²) < 4.78 is 0. The lowest BCUT2D eigenvalue weighted by Gasteiger charge is -2.34. The van der Waals surface area contributed by atoms with Gasteiger partial charge in [0.2, 0.25) is 6.71 Å². The summed E-state index contributed by atoms with van der Waals surface area (Å²) in [4.78, 5) is 5.44. The number of benzene rings is 9. The highest BCUT2D eigenvalue weighted by Gasteiger charge is 2.39. The average Bonchev–Trinajstić information content (AvgIpc) is 3.29. The highest BCUT2D eigenvalue weighted by Crippen LogP contribution is 2.47. The van der Waals surface area contributed by atoms with Gasteiger partial charge in [-0.15, -0.1) is 0 Å². The Morgan fingerprint density at radius 3 is 1.28 bits per heavy atom. The van der Waals surface area contributed by atoms with E-state index in [2.05, 4.69) is 232 Å². The molecule has 2 heterocycles. The van der Waals surface area contributed by atoms with Gasteiger partial charge in [0.05, 0.1) is 0 Å². The van der Waals surface area contributed by atoms with Gasteiger partial charge in [0.25, 0.3) is 0 Å². The van der Waals surface area contributed by atoms with E-state index in [1.165, 1.54) is 119 Å². The van der Waals surface area contributed by atoms with E-state index < -0.39 is 0 Å². The van der Waals surface area contributed by atoms with Gasteiger partial charge in [-0.2, -0.15) is 0 Å². The predicted molar refractivity (Wildman–Crippen MR) is 285 cm³/mol. The molecule has 318 valence electrons. The Kier molecular flexibility index (Phi) is 9.96. The van der Waals surface area contributed by atoms with Crippen molar-refractivity contribution in [2.45, 2.75) is 98.1 Å². The second-order valence-corrected chi connectivity index (χ2v) is 23.5. The highest BCUT2D eigenvalue weighted by atomic mass is 32.2. The van der Waals surface area contributed by atoms with Crippen LogP contribution in [0.2, 0.25) is 0 Å². The third-order valence-electron chi connectivity index (χ3n) is 13.8. The molecule has 65 heavy (non-hydrogen) atoms. The van der Waals surface area contributed by atoms with Crippen LogP contribution in [0.15, 0.2) is 189 Å². The van der Waals surface area contributed by atoms with Gasteiger partial charge in [-0.25, -0.2) is 0 Å². The molecule has 2 aliphatic heterocycles. The third kappa shape index (κ3) is 7.36. The van der Waals surface area contributed by atoms with Gasteiger partial charge in [0.15, 0.2) is 0 Å². The van der Waals surface area contributed by atoms with E-state index in [1.807, 2.05) is 23.5 Å². The van der Waals surface area contributed by atoms with Crippen molar-refractivity contribution >= 4 is 68.2 Å². The minimum atomic E-state index is -0.0114. The molecule has 0 atom stereocenters. The number of hydrogen-bond donors (Lipinski definition) is 0. The van der Waals surface area contributed by atoms with E-state index >= 15 is 0 Å². The van der Waals surface area contributed by atoms with Crippen LogP contribution < -0.4 is 16.4 Å². The zero-order valence-electron chi connectivity index (χ0n) is 39.1. The quantitative estimate of drug-likeness (QED) is 0.128. The van der Waals surface area contributed by atoms with Crippen LogP contribution in [-0.4, -0.2) is 6.71 Å². The molecule has 0 spiro atoms. The fourth-order valence-corrected chi connectivity index (χ4v) is 12.7. The largest absolute Gasteiger partial charge is 0.247 e. The van der Waals surface area contributed by atoms with Gasteiger partial charge in [-0.3, -0.25) is 0 Å². The van der Waals surface area contributed by atoms with Crippen molar-refractivity contribution in [1.82, 2.24) is 0 Å². The van der Waals surface area contributed by atoms with E-state index in [1.54, 1.807) is 0 Å². The fourth-order valence-electron chi connectivity index (χ4n) is 10.2. The van der Waals surface area contributed by atoms with Gasteiger partial charge in [0.1, 0.15) is 0 Å². The first-order valence-electron chi connectivity index (χ1n) is 23.2. The molecule has 0 nitrogen and oxygen atoms in total. The second-order valence-electron chi connectivity index (χ2n) is 21.4. The van der Waals surface area contributed by atoms with E-state index in [0.717, 1.165) is 0 Å². The molecule has 0 radical (unpaired) electrons. The highest BCUT2D eigenvalue weighted by molar-refractivity contribution is 8.01. The first-order valence-corrected chi connectivity index (χ1v) is 24.8. The molecule has 2 aliphatic rings. The first kappa shape index (κ1) is 41.9. The molecule has 11 rings (SSSR count). The maximum absolute atomic E-state index is 2.51. The number of rotatable bonds is 4. The molecule has 9 aromatic carbocycles. The summed E-state index contributed by atoms with van der Waals surface area (Å²) in [5.41, 5.74) is 18.5. The van der Waals surface area contributed by atoms with Gasteiger partial charge in [-0.1, -0.05) is 224 Å². The predicted octanol–water partition coefficient (Wildman–Crippen LogP) is 16.0. The van der Waals surface area contributed by atoms with Crippen molar-refractivity contribution in [3.63, 3.8) is 0 Å². The topological polar surface area (TPSA) is 0 Å². The summed E-state index contributed by atoms with van der Waals surface area (Å²) in [6.45, 7) is 21.2. The van der Waals surface area contributed by atoms with Crippen molar-refractivity contribution in [1.29, 1.82) is 0 Å². The van der Waals surface area contributed by atoms with Crippen LogP contribution in [0, 0.1) is 0 Å². The zero-order chi connectivity index (χ0) is 45.0. The molecule has 0 aromatic heterocycles. The minimum Gasteiger partial charge on any atom is -0.0911 e. The Morgan fingerprint density at radius 1 is 0.308 bits per heavy atom. The van der Waals surface area contributed by atoms with E-state index in [0.29, 0.717) is 0 Å². The summed E-state index contributed by atoms with van der Waals surface area (Å²) in [6.07, 6.45) is 0. The molecule has 0 aliphatic carbocycles. The molecule has 0 unspecified atom stereocenters. The van der Waals surface area contributed by atoms with Crippen molar-refractivity contribution in [3.05, 3.63) is 187 Å². The normalized spacial score (nSPS) is 13.5. The van der Waals surface area contributed by atoms with E-state index in [9.17, 15) is 0 Å². The van der Waals surface area contributed by atoms with E-state index in [-0.39, 0.29) is 23.0 Å². The van der Waals surface area contributed by atoms with Crippen LogP contribution in [-0.2, 0) is 16.2 Å². The van der Waals surface area contributed by atoms with Crippen molar-refractivity contribution < 1.29 is 0 Å². The lowest BCUT2D eigenvalue weighted by Crippen LogP contribution is -2.58. The van der Waals surface area contributed by atoms with Crippen LogP contribution in [0.25, 0.3) is 66.1 Å². The molecule has 0 bridgehead atoms. The van der Waals surface area contributed by atoms with Gasteiger partial charge in [-0.05, 0) is 147 Å². The summed E-state index contributed by atoms with van der Waals surface area (Å²) in [6, 6.07) is 65.3. The Morgan fingerprint density at radius 2 is 0.738 bits per heavy atom. The molecular weight excluding hydrogens is 820 g/mol.